The van der Waals surface area contributed by atoms with Crippen molar-refractivity contribution >= 4 is 28.1 Å². The van der Waals surface area contributed by atoms with Crippen molar-refractivity contribution in [2.24, 2.45) is 4.99 Å². The molecule has 1 aliphatic carbocycles. The van der Waals surface area contributed by atoms with Crippen molar-refractivity contribution < 1.29 is 0 Å². The summed E-state index contributed by atoms with van der Waals surface area (Å²) in [6.45, 7) is 0.763. The van der Waals surface area contributed by atoms with Crippen molar-refractivity contribution in [1.82, 2.24) is 10.3 Å². The van der Waals surface area contributed by atoms with Gasteiger partial charge in [-0.25, -0.2) is 4.99 Å². The smallest absolute Gasteiger partial charge is 0.128 e. The van der Waals surface area contributed by atoms with E-state index in [1.165, 1.54) is 35.9 Å². The van der Waals surface area contributed by atoms with Crippen LogP contribution in [-0.2, 0) is 6.54 Å². The van der Waals surface area contributed by atoms with Crippen molar-refractivity contribution in [2.75, 3.05) is 5.32 Å². The summed E-state index contributed by atoms with van der Waals surface area (Å²) in [5.41, 5.74) is 4.52. The quantitative estimate of drug-likeness (QED) is 0.604. The Kier molecular flexibility index (Phi) is 3.70. The molecule has 0 atom stereocenters. The summed E-state index contributed by atoms with van der Waals surface area (Å²) in [5, 5.41) is 8.73. The molecule has 0 amide bonds. The summed E-state index contributed by atoms with van der Waals surface area (Å²) in [4.78, 5) is 8.53. The molecule has 2 aromatic carbocycles. The maximum Gasteiger partial charge on any atom is 0.128 e. The highest BCUT2D eigenvalue weighted by molar-refractivity contribution is 6.00. The van der Waals surface area contributed by atoms with Crippen LogP contribution in [0.5, 0.6) is 0 Å². The third-order valence-corrected chi connectivity index (χ3v) is 5.70. The number of nitrogens with one attached hydrogen (secondary N) is 3. The van der Waals surface area contributed by atoms with Gasteiger partial charge in [-0.05, 0) is 42.5 Å². The Morgan fingerprint density at radius 2 is 1.77 bits per heavy atom. The number of aliphatic imine (C=N–C) groups is 1. The Labute approximate surface area is 153 Å². The summed E-state index contributed by atoms with van der Waals surface area (Å²) in [6, 6.07) is 19.0. The molecule has 3 aromatic rings. The topological polar surface area (TPSA) is 52.2 Å². The van der Waals surface area contributed by atoms with Crippen molar-refractivity contribution in [2.45, 2.75) is 44.2 Å². The number of hydrogen-bond acceptors (Lipinski definition) is 3. The van der Waals surface area contributed by atoms with E-state index in [2.05, 4.69) is 70.2 Å². The predicted octanol–water partition coefficient (Wildman–Crippen LogP) is 5.12. The first kappa shape index (κ1) is 15.5. The Bertz CT molecular complexity index is 930. The summed E-state index contributed by atoms with van der Waals surface area (Å²) < 4.78 is 0. The molecule has 1 aliphatic heterocycles. The minimum Gasteiger partial charge on any atom is -0.371 e. The molecule has 0 bridgehead atoms. The molecule has 0 saturated heterocycles. The normalized spacial score (nSPS) is 18.2. The lowest BCUT2D eigenvalue weighted by molar-refractivity contribution is 0.396. The molecule has 132 valence electrons. The summed E-state index contributed by atoms with van der Waals surface area (Å²) in [5.74, 6) is 1.09. The number of anilines is 1. The van der Waals surface area contributed by atoms with Crippen molar-refractivity contribution in [3.8, 4) is 0 Å². The second kappa shape index (κ2) is 6.20. The fraction of sp³-hybridized carbons (Fsp3) is 0.318. The van der Waals surface area contributed by atoms with Crippen LogP contribution >= 0.6 is 0 Å². The molecule has 0 unspecified atom stereocenters. The van der Waals surface area contributed by atoms with E-state index >= 15 is 0 Å². The van der Waals surface area contributed by atoms with Gasteiger partial charge in [0.05, 0.1) is 23.5 Å². The third-order valence-electron chi connectivity index (χ3n) is 5.70. The lowest BCUT2D eigenvalue weighted by atomic mass is 9.79. The fourth-order valence-electron chi connectivity index (χ4n) is 4.35. The highest BCUT2D eigenvalue weighted by atomic mass is 15.2. The van der Waals surface area contributed by atoms with Crippen LogP contribution in [0.3, 0.4) is 0 Å². The Hall–Kier alpha value is -2.75. The van der Waals surface area contributed by atoms with Crippen molar-refractivity contribution in [1.29, 1.82) is 0 Å². The zero-order valence-corrected chi connectivity index (χ0v) is 14.9. The molecular weight excluding hydrogens is 320 g/mol. The summed E-state index contributed by atoms with van der Waals surface area (Å²) in [6.07, 6.45) is 6.10. The van der Waals surface area contributed by atoms with Crippen LogP contribution in [0.2, 0.25) is 0 Å². The predicted molar refractivity (Wildman–Crippen MR) is 108 cm³/mol. The number of nitrogens with zero attached hydrogens (tertiary/aromatic N) is 1. The molecule has 4 heteroatoms. The molecule has 0 radical (unpaired) electrons. The van der Waals surface area contributed by atoms with Gasteiger partial charge in [0.15, 0.2) is 0 Å². The van der Waals surface area contributed by atoms with E-state index in [1.54, 1.807) is 0 Å². The fourth-order valence-corrected chi connectivity index (χ4v) is 4.35. The van der Waals surface area contributed by atoms with Gasteiger partial charge in [0.2, 0.25) is 0 Å². The number of hydrogen-bond donors (Lipinski definition) is 3. The first-order valence-electron chi connectivity index (χ1n) is 9.59. The number of amidine groups is 1. The Morgan fingerprint density at radius 3 is 2.65 bits per heavy atom. The third kappa shape index (κ3) is 2.66. The summed E-state index contributed by atoms with van der Waals surface area (Å²) >= 11 is 0. The number of aromatic nitrogens is 1. The molecule has 1 saturated carbocycles. The maximum atomic E-state index is 5.02. The highest BCUT2D eigenvalue weighted by Gasteiger charge is 2.40. The number of para-hydroxylation sites is 3. The summed E-state index contributed by atoms with van der Waals surface area (Å²) in [7, 11) is 0. The number of aromatic amines is 1. The van der Waals surface area contributed by atoms with Gasteiger partial charge in [0.25, 0.3) is 0 Å². The van der Waals surface area contributed by atoms with E-state index in [4.69, 9.17) is 4.99 Å². The molecule has 1 spiro atoms. The number of H-pyrrole nitrogens is 1. The number of rotatable bonds is 2. The van der Waals surface area contributed by atoms with Gasteiger partial charge in [-0.15, -0.1) is 0 Å². The van der Waals surface area contributed by atoms with Crippen LogP contribution in [0.15, 0.2) is 59.6 Å². The standard InChI is InChI=1S/C22H24N4/c1-6-12-22(13-7-1)21(25-19-10-4-5-11-20(19)26-22)23-15-17-14-16-8-2-3-9-18(16)24-17/h2-5,8-11,14,24,26H,1,6-7,12-13,15H2,(H,23,25). The van der Waals surface area contributed by atoms with Crippen LogP contribution in [-0.4, -0.2) is 16.4 Å². The SMILES string of the molecule is c1ccc2c(c1)N=C(NCc1cc3ccccc3[nH]1)C1(CCCCC1)N2. The largest absolute Gasteiger partial charge is 0.371 e. The molecule has 4 nitrogen and oxygen atoms in total. The van der Waals surface area contributed by atoms with Gasteiger partial charge in [-0.3, -0.25) is 0 Å². The van der Waals surface area contributed by atoms with Crippen LogP contribution < -0.4 is 10.6 Å². The molecule has 5 rings (SSSR count). The van der Waals surface area contributed by atoms with E-state index < -0.39 is 0 Å². The van der Waals surface area contributed by atoms with Crippen LogP contribution in [0.25, 0.3) is 10.9 Å². The van der Waals surface area contributed by atoms with E-state index in [0.29, 0.717) is 0 Å². The molecule has 2 heterocycles. The second-order valence-electron chi connectivity index (χ2n) is 7.48. The van der Waals surface area contributed by atoms with Crippen molar-refractivity contribution in [3.63, 3.8) is 0 Å². The van der Waals surface area contributed by atoms with E-state index in [-0.39, 0.29) is 5.54 Å². The van der Waals surface area contributed by atoms with Gasteiger partial charge in [-0.2, -0.15) is 0 Å². The first-order chi connectivity index (χ1) is 12.8. The van der Waals surface area contributed by atoms with Gasteiger partial charge in [-0.1, -0.05) is 49.6 Å². The molecule has 3 N–H and O–H groups in total. The Morgan fingerprint density at radius 1 is 0.962 bits per heavy atom. The monoisotopic (exact) mass is 344 g/mol. The first-order valence-corrected chi connectivity index (χ1v) is 9.59. The van der Waals surface area contributed by atoms with E-state index in [9.17, 15) is 0 Å². The van der Waals surface area contributed by atoms with Gasteiger partial charge in [0, 0.05) is 11.2 Å². The zero-order chi connectivity index (χ0) is 17.4. The molecule has 2 aliphatic rings. The minimum atomic E-state index is -0.0430. The lowest BCUT2D eigenvalue weighted by Crippen LogP contribution is -2.54. The minimum absolute atomic E-state index is 0.0430. The van der Waals surface area contributed by atoms with Crippen LogP contribution in [0.4, 0.5) is 11.4 Å². The number of fused-ring (bicyclic) bond motifs is 2. The maximum absolute atomic E-state index is 5.02. The molecule has 26 heavy (non-hydrogen) atoms. The molecular formula is C22H24N4. The van der Waals surface area contributed by atoms with E-state index in [0.717, 1.165) is 36.6 Å². The molecule has 1 aromatic heterocycles. The van der Waals surface area contributed by atoms with Gasteiger partial charge >= 0.3 is 0 Å². The highest BCUT2D eigenvalue weighted by Crippen LogP contribution is 2.40. The van der Waals surface area contributed by atoms with E-state index in [1.807, 2.05) is 0 Å². The number of benzene rings is 2. The Balaban J connectivity index is 1.45. The van der Waals surface area contributed by atoms with Crippen LogP contribution in [0.1, 0.15) is 37.8 Å². The zero-order valence-electron chi connectivity index (χ0n) is 14.9. The van der Waals surface area contributed by atoms with Crippen LogP contribution in [0, 0.1) is 0 Å². The van der Waals surface area contributed by atoms with Gasteiger partial charge in [0.1, 0.15) is 5.84 Å². The van der Waals surface area contributed by atoms with Crippen molar-refractivity contribution in [3.05, 3.63) is 60.3 Å². The second-order valence-corrected chi connectivity index (χ2v) is 7.48. The average molecular weight is 344 g/mol. The molecule has 1 fully saturated rings. The lowest BCUT2D eigenvalue weighted by Gasteiger charge is -2.42. The van der Waals surface area contributed by atoms with Gasteiger partial charge < -0.3 is 15.6 Å². The average Bonchev–Trinajstić information content (AvgIpc) is 3.10.